The molecule has 0 bridgehead atoms. The van der Waals surface area contributed by atoms with E-state index >= 15 is 0 Å². The van der Waals surface area contributed by atoms with Crippen LogP contribution in [0.1, 0.15) is 23.2 Å². The highest BCUT2D eigenvalue weighted by Gasteiger charge is 2.18. The molecule has 0 radical (unpaired) electrons. The number of rotatable bonds is 6. The van der Waals surface area contributed by atoms with Crippen molar-refractivity contribution in [3.8, 4) is 28.6 Å². The van der Waals surface area contributed by atoms with Gasteiger partial charge in [0.25, 0.3) is 5.89 Å². The molecule has 138 valence electrons. The predicted molar refractivity (Wildman–Crippen MR) is 92.6 cm³/mol. The summed E-state index contributed by atoms with van der Waals surface area (Å²) in [5, 5.41) is 3.93. The van der Waals surface area contributed by atoms with Gasteiger partial charge in [-0.2, -0.15) is 4.98 Å². The van der Waals surface area contributed by atoms with E-state index in [-0.39, 0.29) is 19.3 Å². The second-order valence-electron chi connectivity index (χ2n) is 5.59. The lowest BCUT2D eigenvalue weighted by Gasteiger charge is -2.06. The molecule has 27 heavy (non-hydrogen) atoms. The van der Waals surface area contributed by atoms with E-state index < -0.39 is 5.97 Å². The standard InChI is InChI=1S/C19H16N2O6/c1-2-23-14-6-4-3-5-13(14)18-20-17(27-21-18)10-24-19(22)12-7-8-15-16(9-12)26-11-25-15/h3-9H,2,10-11H2,1H3. The second-order valence-corrected chi connectivity index (χ2v) is 5.59. The first-order chi connectivity index (χ1) is 13.2. The van der Waals surface area contributed by atoms with Gasteiger partial charge in [-0.3, -0.25) is 0 Å². The molecule has 8 nitrogen and oxygen atoms in total. The minimum atomic E-state index is -0.525. The van der Waals surface area contributed by atoms with E-state index in [0.717, 1.165) is 0 Å². The molecule has 0 aliphatic carbocycles. The Hall–Kier alpha value is -3.55. The lowest BCUT2D eigenvalue weighted by Crippen LogP contribution is -2.05. The SMILES string of the molecule is CCOc1ccccc1-c1noc(COC(=O)c2ccc3c(c2)OCO3)n1. The van der Waals surface area contributed by atoms with Crippen LogP contribution in [0.5, 0.6) is 17.2 Å². The van der Waals surface area contributed by atoms with Gasteiger partial charge in [0.05, 0.1) is 17.7 Å². The summed E-state index contributed by atoms with van der Waals surface area (Å²) in [5.41, 5.74) is 1.05. The molecule has 2 heterocycles. The average Bonchev–Trinajstić information content (AvgIpc) is 3.35. The van der Waals surface area contributed by atoms with Crippen LogP contribution in [0.2, 0.25) is 0 Å². The summed E-state index contributed by atoms with van der Waals surface area (Å²) in [7, 11) is 0. The molecule has 1 aromatic heterocycles. The van der Waals surface area contributed by atoms with Crippen molar-refractivity contribution < 1.29 is 28.3 Å². The van der Waals surface area contributed by atoms with Crippen molar-refractivity contribution in [1.29, 1.82) is 0 Å². The maximum absolute atomic E-state index is 12.2. The summed E-state index contributed by atoms with van der Waals surface area (Å²) in [4.78, 5) is 16.5. The molecule has 0 N–H and O–H groups in total. The van der Waals surface area contributed by atoms with Gasteiger partial charge in [0.2, 0.25) is 12.6 Å². The fraction of sp³-hybridized carbons (Fsp3) is 0.211. The highest BCUT2D eigenvalue weighted by Crippen LogP contribution is 2.32. The smallest absolute Gasteiger partial charge is 0.338 e. The topological polar surface area (TPSA) is 92.9 Å². The number of carbonyl (C=O) groups excluding carboxylic acids is 1. The van der Waals surface area contributed by atoms with Gasteiger partial charge in [0.1, 0.15) is 5.75 Å². The van der Waals surface area contributed by atoms with E-state index in [9.17, 15) is 4.79 Å². The van der Waals surface area contributed by atoms with Crippen LogP contribution in [-0.4, -0.2) is 29.5 Å². The molecule has 1 aliphatic rings. The van der Waals surface area contributed by atoms with Crippen molar-refractivity contribution in [3.63, 3.8) is 0 Å². The van der Waals surface area contributed by atoms with Gasteiger partial charge in [0, 0.05) is 0 Å². The van der Waals surface area contributed by atoms with Crippen molar-refractivity contribution in [3.05, 3.63) is 53.9 Å². The first-order valence-electron chi connectivity index (χ1n) is 8.36. The summed E-state index contributed by atoms with van der Waals surface area (Å²) >= 11 is 0. The lowest BCUT2D eigenvalue weighted by molar-refractivity contribution is 0.0429. The number of aromatic nitrogens is 2. The van der Waals surface area contributed by atoms with Gasteiger partial charge in [0.15, 0.2) is 18.1 Å². The van der Waals surface area contributed by atoms with E-state index in [1.54, 1.807) is 18.2 Å². The van der Waals surface area contributed by atoms with Gasteiger partial charge < -0.3 is 23.5 Å². The van der Waals surface area contributed by atoms with E-state index in [1.807, 2.05) is 31.2 Å². The van der Waals surface area contributed by atoms with Gasteiger partial charge >= 0.3 is 5.97 Å². The summed E-state index contributed by atoms with van der Waals surface area (Å²) in [5.74, 6) is 1.80. The zero-order chi connectivity index (χ0) is 18.6. The minimum Gasteiger partial charge on any atom is -0.493 e. The lowest BCUT2D eigenvalue weighted by atomic mass is 10.2. The molecule has 0 atom stereocenters. The number of carbonyl (C=O) groups is 1. The number of para-hydroxylation sites is 1. The molecular weight excluding hydrogens is 352 g/mol. The van der Waals surface area contributed by atoms with Crippen LogP contribution in [0, 0.1) is 0 Å². The molecule has 2 aromatic carbocycles. The number of benzene rings is 2. The Kier molecular flexibility index (Phi) is 4.61. The highest BCUT2D eigenvalue weighted by molar-refractivity contribution is 5.90. The largest absolute Gasteiger partial charge is 0.493 e. The third kappa shape index (κ3) is 3.55. The van der Waals surface area contributed by atoms with Crippen molar-refractivity contribution in [2.75, 3.05) is 13.4 Å². The van der Waals surface area contributed by atoms with Crippen LogP contribution in [0.3, 0.4) is 0 Å². The quantitative estimate of drug-likeness (QED) is 0.612. The number of fused-ring (bicyclic) bond motifs is 1. The maximum Gasteiger partial charge on any atom is 0.338 e. The monoisotopic (exact) mass is 368 g/mol. The molecule has 0 fully saturated rings. The first kappa shape index (κ1) is 16.9. The van der Waals surface area contributed by atoms with Gasteiger partial charge in [-0.15, -0.1) is 0 Å². The predicted octanol–water partition coefficient (Wildman–Crippen LogP) is 3.22. The fourth-order valence-corrected chi connectivity index (χ4v) is 2.59. The van der Waals surface area contributed by atoms with Crippen LogP contribution in [-0.2, 0) is 11.3 Å². The molecule has 0 saturated carbocycles. The van der Waals surface area contributed by atoms with Gasteiger partial charge in [-0.1, -0.05) is 17.3 Å². The van der Waals surface area contributed by atoms with Crippen molar-refractivity contribution >= 4 is 5.97 Å². The van der Waals surface area contributed by atoms with Crippen molar-refractivity contribution in [2.24, 2.45) is 0 Å². The van der Waals surface area contributed by atoms with Crippen LogP contribution < -0.4 is 14.2 Å². The summed E-state index contributed by atoms with van der Waals surface area (Å²) < 4.78 is 26.4. The molecule has 1 aliphatic heterocycles. The summed E-state index contributed by atoms with van der Waals surface area (Å²) in [6.45, 7) is 2.42. The van der Waals surface area contributed by atoms with Crippen molar-refractivity contribution in [1.82, 2.24) is 10.1 Å². The Balaban J connectivity index is 1.43. The fourth-order valence-electron chi connectivity index (χ4n) is 2.59. The minimum absolute atomic E-state index is 0.141. The summed E-state index contributed by atoms with van der Waals surface area (Å²) in [6, 6.07) is 12.2. The zero-order valence-electron chi connectivity index (χ0n) is 14.5. The second kappa shape index (κ2) is 7.36. The van der Waals surface area contributed by atoms with Crippen LogP contribution >= 0.6 is 0 Å². The van der Waals surface area contributed by atoms with E-state index in [4.69, 9.17) is 23.5 Å². The molecule has 0 spiro atoms. The van der Waals surface area contributed by atoms with Gasteiger partial charge in [-0.25, -0.2) is 4.79 Å². The number of esters is 1. The zero-order valence-corrected chi connectivity index (χ0v) is 14.5. The molecular formula is C19H16N2O6. The Morgan fingerprint density at radius 2 is 2.00 bits per heavy atom. The number of hydrogen-bond donors (Lipinski definition) is 0. The normalized spacial score (nSPS) is 12.0. The van der Waals surface area contributed by atoms with Crippen LogP contribution in [0.15, 0.2) is 47.0 Å². The Bertz CT molecular complexity index is 968. The number of nitrogens with zero attached hydrogens (tertiary/aromatic N) is 2. The number of hydrogen-bond acceptors (Lipinski definition) is 8. The Morgan fingerprint density at radius 3 is 2.89 bits per heavy atom. The molecule has 0 saturated heterocycles. The van der Waals surface area contributed by atoms with E-state index in [2.05, 4.69) is 10.1 Å². The summed E-state index contributed by atoms with van der Waals surface area (Å²) in [6.07, 6.45) is 0. The first-order valence-corrected chi connectivity index (χ1v) is 8.36. The average molecular weight is 368 g/mol. The highest BCUT2D eigenvalue weighted by atomic mass is 16.7. The van der Waals surface area contributed by atoms with Crippen LogP contribution in [0.4, 0.5) is 0 Å². The van der Waals surface area contributed by atoms with Gasteiger partial charge in [-0.05, 0) is 37.3 Å². The molecule has 0 unspecified atom stereocenters. The van der Waals surface area contributed by atoms with Crippen molar-refractivity contribution in [2.45, 2.75) is 13.5 Å². The third-order valence-electron chi connectivity index (χ3n) is 3.83. The third-order valence-corrected chi connectivity index (χ3v) is 3.83. The van der Waals surface area contributed by atoms with E-state index in [0.29, 0.717) is 40.8 Å². The molecule has 4 rings (SSSR count). The van der Waals surface area contributed by atoms with Crippen LogP contribution in [0.25, 0.3) is 11.4 Å². The molecule has 0 amide bonds. The van der Waals surface area contributed by atoms with E-state index in [1.165, 1.54) is 0 Å². The molecule has 8 heteroatoms. The maximum atomic E-state index is 12.2. The number of ether oxygens (including phenoxy) is 4. The Morgan fingerprint density at radius 1 is 1.15 bits per heavy atom. The Labute approximate surface area is 154 Å². The molecule has 3 aromatic rings.